The fourth-order valence-corrected chi connectivity index (χ4v) is 5.06. The van der Waals surface area contributed by atoms with Crippen molar-refractivity contribution in [1.82, 2.24) is 5.32 Å². The van der Waals surface area contributed by atoms with Crippen LogP contribution >= 0.6 is 47.8 Å². The Morgan fingerprint density at radius 2 is 1.56 bits per heavy atom. The fourth-order valence-electron chi connectivity index (χ4n) is 3.35. The third kappa shape index (κ3) is 5.58. The Morgan fingerprint density at radius 1 is 0.944 bits per heavy atom. The second kappa shape index (κ2) is 10.8. The number of nitrogens with one attached hydrogen (secondary N) is 1. The predicted molar refractivity (Wildman–Crippen MR) is 143 cm³/mol. The molecule has 0 radical (unpaired) electrons. The molecule has 0 aromatic heterocycles. The number of barbiturate groups is 1. The summed E-state index contributed by atoms with van der Waals surface area (Å²) in [5, 5.41) is 11.2. The molecule has 0 spiro atoms. The maximum Gasteiger partial charge on any atom is 0.335 e. The van der Waals surface area contributed by atoms with Gasteiger partial charge in [-0.15, -0.1) is 0 Å². The van der Waals surface area contributed by atoms with E-state index in [9.17, 15) is 19.2 Å². The summed E-state index contributed by atoms with van der Waals surface area (Å²) in [4.78, 5) is 49.8. The van der Waals surface area contributed by atoms with Crippen LogP contribution in [-0.2, 0) is 16.2 Å². The lowest BCUT2D eigenvalue weighted by Crippen LogP contribution is -2.54. The Kier molecular flexibility index (Phi) is 7.72. The van der Waals surface area contributed by atoms with Crippen molar-refractivity contribution in [3.05, 3.63) is 96.3 Å². The molecule has 4 rings (SSSR count). The lowest BCUT2D eigenvalue weighted by atomic mass is 10.1. The molecule has 0 saturated carbocycles. The van der Waals surface area contributed by atoms with E-state index in [-0.39, 0.29) is 17.7 Å². The third-order valence-electron chi connectivity index (χ3n) is 5.10. The van der Waals surface area contributed by atoms with Gasteiger partial charge in [0.1, 0.15) is 17.9 Å². The van der Waals surface area contributed by atoms with E-state index < -0.39 is 23.8 Å². The quantitative estimate of drug-likeness (QED) is 0.247. The lowest BCUT2D eigenvalue weighted by molar-refractivity contribution is -0.122. The molecule has 36 heavy (non-hydrogen) atoms. The molecule has 0 unspecified atom stereocenters. The van der Waals surface area contributed by atoms with E-state index in [1.807, 2.05) is 0 Å². The number of halogens is 3. The molecule has 1 aliphatic heterocycles. The third-order valence-corrected chi connectivity index (χ3v) is 6.81. The molecule has 0 bridgehead atoms. The number of carboxylic acid groups (broad SMARTS) is 1. The van der Waals surface area contributed by atoms with Gasteiger partial charge in [0.25, 0.3) is 11.8 Å². The van der Waals surface area contributed by atoms with Crippen molar-refractivity contribution in [3.63, 3.8) is 0 Å². The summed E-state index contributed by atoms with van der Waals surface area (Å²) in [6, 6.07) is 15.4. The molecule has 1 heterocycles. The second-order valence-corrected chi connectivity index (χ2v) is 10.2. The Bertz CT molecular complexity index is 1400. The van der Waals surface area contributed by atoms with Gasteiger partial charge in [-0.25, -0.2) is 14.5 Å². The Morgan fingerprint density at radius 3 is 2.14 bits per heavy atom. The van der Waals surface area contributed by atoms with Crippen LogP contribution < -0.4 is 15.0 Å². The topological polar surface area (TPSA) is 113 Å². The molecule has 8 nitrogen and oxygen atoms in total. The van der Waals surface area contributed by atoms with Gasteiger partial charge in [0.15, 0.2) is 0 Å². The first kappa shape index (κ1) is 25.8. The van der Waals surface area contributed by atoms with E-state index in [4.69, 9.17) is 9.84 Å². The van der Waals surface area contributed by atoms with E-state index in [2.05, 4.69) is 53.1 Å². The number of urea groups is 1. The number of anilines is 1. The van der Waals surface area contributed by atoms with Gasteiger partial charge in [-0.1, -0.05) is 28.1 Å². The Balaban J connectivity index is 1.57. The monoisotopic (exact) mass is 676 g/mol. The Hall–Kier alpha value is -3.28. The number of carbonyl (C=O) groups is 4. The van der Waals surface area contributed by atoms with E-state index in [1.54, 1.807) is 48.5 Å². The van der Waals surface area contributed by atoms with Gasteiger partial charge in [0.05, 0.1) is 20.2 Å². The summed E-state index contributed by atoms with van der Waals surface area (Å²) in [6.45, 7) is 0.183. The number of hydrogen-bond donors (Lipinski definition) is 2. The summed E-state index contributed by atoms with van der Waals surface area (Å²) in [5.74, 6) is -2.07. The van der Waals surface area contributed by atoms with Gasteiger partial charge in [0, 0.05) is 4.47 Å². The number of aromatic carboxylic acids is 1. The molecule has 2 N–H and O–H groups in total. The molecule has 1 saturated heterocycles. The maximum atomic E-state index is 13.1. The number of carbonyl (C=O) groups excluding carboxylic acids is 3. The van der Waals surface area contributed by atoms with Gasteiger partial charge in [0.2, 0.25) is 0 Å². The SMILES string of the molecule is O=C1NC(=O)N(c2ccc(Br)cc2)C(=O)/C1=C/c1cc(Br)c(OCc2ccc(C(=O)O)cc2)c(Br)c1. The summed E-state index contributed by atoms with van der Waals surface area (Å²) in [7, 11) is 0. The van der Waals surface area contributed by atoms with E-state index >= 15 is 0 Å². The highest BCUT2D eigenvalue weighted by atomic mass is 79.9. The summed E-state index contributed by atoms with van der Waals surface area (Å²) in [6.07, 6.45) is 1.39. The molecule has 1 fully saturated rings. The average molecular weight is 679 g/mol. The second-order valence-electron chi connectivity index (χ2n) is 7.54. The lowest BCUT2D eigenvalue weighted by Gasteiger charge is -2.26. The van der Waals surface area contributed by atoms with Crippen LogP contribution in [0.5, 0.6) is 5.75 Å². The van der Waals surface area contributed by atoms with Crippen LogP contribution in [0.25, 0.3) is 6.08 Å². The first-order valence-corrected chi connectivity index (χ1v) is 12.6. The van der Waals surface area contributed by atoms with Crippen LogP contribution in [0.2, 0.25) is 0 Å². The largest absolute Gasteiger partial charge is 0.487 e. The number of nitrogens with zero attached hydrogens (tertiary/aromatic N) is 1. The van der Waals surface area contributed by atoms with Crippen molar-refractivity contribution in [2.75, 3.05) is 4.90 Å². The van der Waals surface area contributed by atoms with Crippen molar-refractivity contribution in [2.24, 2.45) is 0 Å². The van der Waals surface area contributed by atoms with Gasteiger partial charge in [-0.05, 0) is 97.6 Å². The molecule has 3 aromatic rings. The van der Waals surface area contributed by atoms with Crippen LogP contribution in [-0.4, -0.2) is 28.9 Å². The molecule has 1 aliphatic rings. The van der Waals surface area contributed by atoms with Gasteiger partial charge in [-0.2, -0.15) is 0 Å². The van der Waals surface area contributed by atoms with Crippen LogP contribution in [0.1, 0.15) is 21.5 Å². The summed E-state index contributed by atoms with van der Waals surface area (Å²) < 4.78 is 7.75. The zero-order valence-electron chi connectivity index (χ0n) is 18.1. The molecular weight excluding hydrogens is 664 g/mol. The molecule has 3 aromatic carbocycles. The van der Waals surface area contributed by atoms with Crippen LogP contribution in [0.3, 0.4) is 0 Å². The zero-order valence-corrected chi connectivity index (χ0v) is 22.9. The highest BCUT2D eigenvalue weighted by Gasteiger charge is 2.36. The summed E-state index contributed by atoms with van der Waals surface area (Å²) in [5.41, 5.74) is 1.58. The number of benzene rings is 3. The number of rotatable bonds is 6. The molecular formula is C25H15Br3N2O6. The van der Waals surface area contributed by atoms with Gasteiger partial charge >= 0.3 is 12.0 Å². The number of carboxylic acids is 1. The van der Waals surface area contributed by atoms with E-state index in [0.717, 1.165) is 14.9 Å². The van der Waals surface area contributed by atoms with Gasteiger partial charge < -0.3 is 9.84 Å². The first-order chi connectivity index (χ1) is 17.1. The highest BCUT2D eigenvalue weighted by molar-refractivity contribution is 9.11. The van der Waals surface area contributed by atoms with Crippen molar-refractivity contribution in [1.29, 1.82) is 0 Å². The average Bonchev–Trinajstić information content (AvgIpc) is 2.82. The number of ether oxygens (including phenoxy) is 1. The van der Waals surface area contributed by atoms with Crippen LogP contribution in [0.15, 0.2) is 79.7 Å². The molecule has 0 atom stereocenters. The summed E-state index contributed by atoms with van der Waals surface area (Å²) >= 11 is 10.2. The minimum atomic E-state index is -1.01. The molecule has 182 valence electrons. The first-order valence-electron chi connectivity index (χ1n) is 10.2. The minimum absolute atomic E-state index is 0.181. The number of amides is 4. The maximum absolute atomic E-state index is 13.1. The van der Waals surface area contributed by atoms with Crippen LogP contribution in [0, 0.1) is 0 Å². The predicted octanol–water partition coefficient (Wildman–Crippen LogP) is 5.92. The van der Waals surface area contributed by atoms with Crippen LogP contribution in [0.4, 0.5) is 10.5 Å². The molecule has 11 heteroatoms. The number of hydrogen-bond acceptors (Lipinski definition) is 5. The van der Waals surface area contributed by atoms with Crippen molar-refractivity contribution in [3.8, 4) is 5.75 Å². The normalized spacial score (nSPS) is 14.7. The highest BCUT2D eigenvalue weighted by Crippen LogP contribution is 2.36. The fraction of sp³-hybridized carbons (Fsp3) is 0.0400. The zero-order chi connectivity index (χ0) is 26.0. The van der Waals surface area contributed by atoms with Crippen molar-refractivity contribution in [2.45, 2.75) is 6.61 Å². The van der Waals surface area contributed by atoms with Gasteiger partial charge in [-0.3, -0.25) is 14.9 Å². The number of imide groups is 2. The molecule has 4 amide bonds. The smallest absolute Gasteiger partial charge is 0.335 e. The van der Waals surface area contributed by atoms with Crippen molar-refractivity contribution < 1.29 is 29.0 Å². The van der Waals surface area contributed by atoms with Crippen molar-refractivity contribution >= 4 is 83.4 Å². The molecule has 0 aliphatic carbocycles. The van der Waals surface area contributed by atoms with E-state index in [1.165, 1.54) is 18.2 Å². The Labute approximate surface area is 230 Å². The van der Waals surface area contributed by atoms with E-state index in [0.29, 0.717) is 25.9 Å². The minimum Gasteiger partial charge on any atom is -0.487 e. The standard InChI is InChI=1S/C25H15Br3N2O6/c26-16-5-7-17(8-6-16)30-23(32)18(22(31)29-25(30)35)9-14-10-19(27)21(20(28)11-14)36-12-13-1-3-15(4-2-13)24(33)34/h1-11H,12H2,(H,33,34)(H,29,31,35)/b18-9+.